The number of nitrogens with one attached hydrogen (secondary N) is 1. The maximum atomic E-state index is 12.2. The molecule has 0 bridgehead atoms. The molecule has 1 aromatic carbocycles. The average Bonchev–Trinajstić information content (AvgIpc) is 2.53. The van der Waals surface area contributed by atoms with E-state index in [9.17, 15) is 9.59 Å². The van der Waals surface area contributed by atoms with E-state index in [-0.39, 0.29) is 5.56 Å². The molecule has 1 N–H and O–H groups in total. The van der Waals surface area contributed by atoms with Gasteiger partial charge in [-0.05, 0) is 43.5 Å². The Morgan fingerprint density at radius 2 is 2.30 bits per heavy atom. The van der Waals surface area contributed by atoms with Crippen LogP contribution >= 0.6 is 0 Å². The number of hydrogen-bond acceptors (Lipinski definition) is 5. The third-order valence-electron chi connectivity index (χ3n) is 4.29. The van der Waals surface area contributed by atoms with Gasteiger partial charge in [-0.1, -0.05) is 6.92 Å². The molecular weight excluding hydrogens is 294 g/mol. The van der Waals surface area contributed by atoms with Gasteiger partial charge in [0.05, 0.1) is 30.1 Å². The third kappa shape index (κ3) is 3.42. The van der Waals surface area contributed by atoms with Gasteiger partial charge in [0.2, 0.25) is 0 Å². The largest absolute Gasteiger partial charge is 0.465 e. The molecule has 6 nitrogen and oxygen atoms in total. The van der Waals surface area contributed by atoms with E-state index >= 15 is 0 Å². The van der Waals surface area contributed by atoms with Gasteiger partial charge in [0, 0.05) is 6.54 Å². The first-order chi connectivity index (χ1) is 11.1. The molecule has 122 valence electrons. The summed E-state index contributed by atoms with van der Waals surface area (Å²) in [7, 11) is 1.33. The lowest BCUT2D eigenvalue weighted by Gasteiger charge is -2.30. The van der Waals surface area contributed by atoms with Crippen molar-refractivity contribution in [3.8, 4) is 0 Å². The van der Waals surface area contributed by atoms with Crippen LogP contribution in [0.1, 0.15) is 35.9 Å². The fraction of sp³-hybridized carbons (Fsp3) is 0.471. The van der Waals surface area contributed by atoms with Crippen molar-refractivity contribution >= 4 is 16.9 Å². The molecule has 2 heterocycles. The Balaban J connectivity index is 1.92. The van der Waals surface area contributed by atoms with E-state index in [4.69, 9.17) is 4.74 Å². The second-order valence-corrected chi connectivity index (χ2v) is 6.22. The summed E-state index contributed by atoms with van der Waals surface area (Å²) in [6.45, 7) is 4.90. The molecule has 1 aliphatic rings. The standard InChI is InChI=1S/C17H21N3O3/c1-11-4-3-7-20(9-11)10-15-18-14-8-12(17(22)23-2)5-6-13(14)16(21)19-15/h5-6,8,11H,3-4,7,9-10H2,1-2H3,(H,18,19,21)/t11-/m1/s1. The van der Waals surface area contributed by atoms with Crippen LogP contribution in [-0.2, 0) is 11.3 Å². The third-order valence-corrected chi connectivity index (χ3v) is 4.29. The Bertz CT molecular complexity index is 784. The fourth-order valence-electron chi connectivity index (χ4n) is 3.15. The van der Waals surface area contributed by atoms with Gasteiger partial charge in [0.15, 0.2) is 0 Å². The number of benzene rings is 1. The maximum Gasteiger partial charge on any atom is 0.337 e. The molecule has 6 heteroatoms. The zero-order valence-corrected chi connectivity index (χ0v) is 13.5. The lowest BCUT2D eigenvalue weighted by Crippen LogP contribution is -2.34. The van der Waals surface area contributed by atoms with Gasteiger partial charge < -0.3 is 9.72 Å². The molecule has 1 atom stereocenters. The zero-order chi connectivity index (χ0) is 16.4. The molecule has 0 spiro atoms. The lowest BCUT2D eigenvalue weighted by atomic mass is 10.0. The van der Waals surface area contributed by atoms with Gasteiger partial charge in [0.1, 0.15) is 5.82 Å². The van der Waals surface area contributed by atoms with Crippen molar-refractivity contribution in [1.82, 2.24) is 14.9 Å². The second-order valence-electron chi connectivity index (χ2n) is 6.22. The van der Waals surface area contributed by atoms with Gasteiger partial charge in [-0.25, -0.2) is 9.78 Å². The van der Waals surface area contributed by atoms with Crippen LogP contribution in [0.5, 0.6) is 0 Å². The molecule has 3 rings (SSSR count). The van der Waals surface area contributed by atoms with E-state index in [0.717, 1.165) is 13.1 Å². The van der Waals surface area contributed by atoms with Crippen molar-refractivity contribution < 1.29 is 9.53 Å². The quantitative estimate of drug-likeness (QED) is 0.876. The Morgan fingerprint density at radius 1 is 1.48 bits per heavy atom. The summed E-state index contributed by atoms with van der Waals surface area (Å²) >= 11 is 0. The summed E-state index contributed by atoms with van der Waals surface area (Å²) in [4.78, 5) is 33.5. The minimum atomic E-state index is -0.430. The summed E-state index contributed by atoms with van der Waals surface area (Å²) in [5, 5.41) is 0.480. The number of piperidine rings is 1. The zero-order valence-electron chi connectivity index (χ0n) is 13.5. The Labute approximate surface area is 134 Å². The van der Waals surface area contributed by atoms with Crippen LogP contribution < -0.4 is 5.56 Å². The number of H-pyrrole nitrogens is 1. The number of aromatic amines is 1. The fourth-order valence-corrected chi connectivity index (χ4v) is 3.15. The van der Waals surface area contributed by atoms with E-state index < -0.39 is 5.97 Å². The van der Waals surface area contributed by atoms with Crippen LogP contribution in [-0.4, -0.2) is 41.0 Å². The van der Waals surface area contributed by atoms with Crippen molar-refractivity contribution in [1.29, 1.82) is 0 Å². The van der Waals surface area contributed by atoms with E-state index in [2.05, 4.69) is 21.8 Å². The predicted molar refractivity (Wildman–Crippen MR) is 87.4 cm³/mol. The summed E-state index contributed by atoms with van der Waals surface area (Å²) in [6.07, 6.45) is 2.42. The predicted octanol–water partition coefficient (Wildman–Crippen LogP) is 1.94. The van der Waals surface area contributed by atoms with Crippen molar-refractivity contribution in [2.45, 2.75) is 26.3 Å². The van der Waals surface area contributed by atoms with Crippen LogP contribution in [0.4, 0.5) is 0 Å². The maximum absolute atomic E-state index is 12.2. The smallest absolute Gasteiger partial charge is 0.337 e. The number of ether oxygens (including phenoxy) is 1. The number of esters is 1. The average molecular weight is 315 g/mol. The number of hydrogen-bond donors (Lipinski definition) is 1. The first-order valence-corrected chi connectivity index (χ1v) is 7.90. The molecule has 23 heavy (non-hydrogen) atoms. The minimum absolute atomic E-state index is 0.175. The molecule has 1 fully saturated rings. The monoisotopic (exact) mass is 315 g/mol. The molecule has 1 aromatic heterocycles. The van der Waals surface area contributed by atoms with Crippen molar-refractivity contribution in [3.05, 3.63) is 39.9 Å². The molecular formula is C17H21N3O3. The number of carbonyl (C=O) groups excluding carboxylic acids is 1. The van der Waals surface area contributed by atoms with E-state index in [0.29, 0.717) is 34.8 Å². The number of nitrogens with zero attached hydrogens (tertiary/aromatic N) is 2. The molecule has 0 amide bonds. The highest BCUT2D eigenvalue weighted by molar-refractivity contribution is 5.93. The Morgan fingerprint density at radius 3 is 3.04 bits per heavy atom. The first-order valence-electron chi connectivity index (χ1n) is 7.90. The van der Waals surface area contributed by atoms with Crippen LogP contribution in [0.25, 0.3) is 10.9 Å². The number of carbonyl (C=O) groups is 1. The number of methoxy groups -OCH3 is 1. The summed E-state index contributed by atoms with van der Waals surface area (Å²) < 4.78 is 4.72. The SMILES string of the molecule is COC(=O)c1ccc2c(=O)[nH]c(CN3CCC[C@@H](C)C3)nc2c1. The van der Waals surface area contributed by atoms with Crippen molar-refractivity contribution in [2.24, 2.45) is 5.92 Å². The van der Waals surface area contributed by atoms with E-state index in [1.807, 2.05) is 0 Å². The van der Waals surface area contributed by atoms with Gasteiger partial charge >= 0.3 is 5.97 Å². The second kappa shape index (κ2) is 6.50. The van der Waals surface area contributed by atoms with Gasteiger partial charge in [-0.15, -0.1) is 0 Å². The van der Waals surface area contributed by atoms with Crippen LogP contribution in [0, 0.1) is 5.92 Å². The van der Waals surface area contributed by atoms with Crippen molar-refractivity contribution in [3.63, 3.8) is 0 Å². The normalized spacial score (nSPS) is 19.0. The van der Waals surface area contributed by atoms with Crippen LogP contribution in [0.15, 0.2) is 23.0 Å². The summed E-state index contributed by atoms with van der Waals surface area (Å²) in [5.74, 6) is 0.876. The highest BCUT2D eigenvalue weighted by Gasteiger charge is 2.17. The molecule has 0 unspecified atom stereocenters. The van der Waals surface area contributed by atoms with Gasteiger partial charge in [0.25, 0.3) is 5.56 Å². The summed E-state index contributed by atoms with van der Waals surface area (Å²) in [6, 6.07) is 4.80. The lowest BCUT2D eigenvalue weighted by molar-refractivity contribution is 0.0601. The van der Waals surface area contributed by atoms with Gasteiger partial charge in [-0.2, -0.15) is 0 Å². The van der Waals surface area contributed by atoms with Crippen LogP contribution in [0.3, 0.4) is 0 Å². The highest BCUT2D eigenvalue weighted by atomic mass is 16.5. The molecule has 0 saturated carbocycles. The van der Waals surface area contributed by atoms with Crippen molar-refractivity contribution in [2.75, 3.05) is 20.2 Å². The molecule has 0 radical (unpaired) electrons. The van der Waals surface area contributed by atoms with E-state index in [1.54, 1.807) is 18.2 Å². The number of likely N-dealkylation sites (tertiary alicyclic amines) is 1. The van der Waals surface area contributed by atoms with E-state index in [1.165, 1.54) is 20.0 Å². The topological polar surface area (TPSA) is 75.3 Å². The number of aromatic nitrogens is 2. The molecule has 0 aliphatic carbocycles. The molecule has 1 saturated heterocycles. The Hall–Kier alpha value is -2.21. The number of rotatable bonds is 3. The Kier molecular flexibility index (Phi) is 4.43. The summed E-state index contributed by atoms with van der Waals surface area (Å²) in [5.41, 5.74) is 0.749. The minimum Gasteiger partial charge on any atom is -0.465 e. The highest BCUT2D eigenvalue weighted by Crippen LogP contribution is 2.17. The molecule has 1 aliphatic heterocycles. The number of fused-ring (bicyclic) bond motifs is 1. The van der Waals surface area contributed by atoms with Crippen LogP contribution in [0.2, 0.25) is 0 Å². The first kappa shape index (κ1) is 15.7. The van der Waals surface area contributed by atoms with Gasteiger partial charge in [-0.3, -0.25) is 9.69 Å². The molecule has 2 aromatic rings.